The van der Waals surface area contributed by atoms with Crippen molar-refractivity contribution >= 4 is 17.6 Å². The molecule has 0 fully saturated rings. The molecule has 2 aromatic rings. The van der Waals surface area contributed by atoms with Crippen LogP contribution in [0.4, 0.5) is 5.82 Å². The molecular formula is C13H19N5OS. The van der Waals surface area contributed by atoms with Crippen LogP contribution >= 0.6 is 11.8 Å². The summed E-state index contributed by atoms with van der Waals surface area (Å²) in [5.41, 5.74) is 1.82. The van der Waals surface area contributed by atoms with E-state index in [1.54, 1.807) is 10.7 Å². The maximum absolute atomic E-state index is 5.90. The quantitative estimate of drug-likeness (QED) is 0.675. The Balaban J connectivity index is 2.34. The highest BCUT2D eigenvalue weighted by atomic mass is 32.2. The van der Waals surface area contributed by atoms with Crippen LogP contribution in [0.25, 0.3) is 0 Å². The fraction of sp³-hybridized carbons (Fsp3) is 0.462. The average molecular weight is 293 g/mol. The van der Waals surface area contributed by atoms with Gasteiger partial charge in [0.05, 0.1) is 5.69 Å². The van der Waals surface area contributed by atoms with Crippen molar-refractivity contribution in [1.29, 1.82) is 0 Å². The standard InChI is InChI=1S/C13H19N5OS/c1-6-14-10-7-11(16-13(15-10)20-5)19-12-8(2)17-18(4)9(12)3/h7H,6H2,1-5H3,(H,14,15,16). The second-order valence-corrected chi connectivity index (χ2v) is 5.11. The predicted molar refractivity (Wildman–Crippen MR) is 80.7 cm³/mol. The summed E-state index contributed by atoms with van der Waals surface area (Å²) in [5, 5.41) is 8.19. The molecule has 0 aliphatic rings. The minimum atomic E-state index is 0.527. The van der Waals surface area contributed by atoms with E-state index in [2.05, 4.69) is 20.4 Å². The number of ether oxygens (including phenoxy) is 1. The van der Waals surface area contributed by atoms with E-state index in [0.717, 1.165) is 29.5 Å². The summed E-state index contributed by atoms with van der Waals surface area (Å²) in [5.74, 6) is 2.04. The van der Waals surface area contributed by atoms with E-state index in [4.69, 9.17) is 4.74 Å². The number of rotatable bonds is 5. The minimum Gasteiger partial charge on any atom is -0.435 e. The maximum Gasteiger partial charge on any atom is 0.225 e. The molecule has 108 valence electrons. The molecule has 0 saturated carbocycles. The molecule has 1 N–H and O–H groups in total. The van der Waals surface area contributed by atoms with E-state index in [0.29, 0.717) is 11.0 Å². The van der Waals surface area contributed by atoms with Crippen molar-refractivity contribution in [2.45, 2.75) is 25.9 Å². The van der Waals surface area contributed by atoms with Crippen LogP contribution in [-0.2, 0) is 7.05 Å². The van der Waals surface area contributed by atoms with Crippen LogP contribution in [-0.4, -0.2) is 32.5 Å². The van der Waals surface area contributed by atoms with Crippen LogP contribution in [0.3, 0.4) is 0 Å². The Labute approximate surface area is 123 Å². The molecule has 0 aliphatic heterocycles. The SMILES string of the molecule is CCNc1cc(Oc2c(C)nn(C)c2C)nc(SC)n1. The van der Waals surface area contributed by atoms with Gasteiger partial charge in [0.15, 0.2) is 10.9 Å². The average Bonchev–Trinajstić information content (AvgIpc) is 2.65. The fourth-order valence-electron chi connectivity index (χ4n) is 1.83. The monoisotopic (exact) mass is 293 g/mol. The third kappa shape index (κ3) is 3.04. The largest absolute Gasteiger partial charge is 0.435 e. The van der Waals surface area contributed by atoms with Crippen LogP contribution in [0.5, 0.6) is 11.6 Å². The molecule has 2 aromatic heterocycles. The predicted octanol–water partition coefficient (Wildman–Crippen LogP) is 2.77. The van der Waals surface area contributed by atoms with Gasteiger partial charge >= 0.3 is 0 Å². The van der Waals surface area contributed by atoms with Crippen molar-refractivity contribution in [1.82, 2.24) is 19.7 Å². The van der Waals surface area contributed by atoms with Crippen molar-refractivity contribution in [2.24, 2.45) is 7.05 Å². The smallest absolute Gasteiger partial charge is 0.225 e. The van der Waals surface area contributed by atoms with Crippen LogP contribution in [0, 0.1) is 13.8 Å². The topological polar surface area (TPSA) is 64.9 Å². The summed E-state index contributed by atoms with van der Waals surface area (Å²) in [6.07, 6.45) is 1.94. The van der Waals surface area contributed by atoms with E-state index in [-0.39, 0.29) is 0 Å². The zero-order valence-corrected chi connectivity index (χ0v) is 13.2. The lowest BCUT2D eigenvalue weighted by Gasteiger charge is -2.09. The number of hydrogen-bond donors (Lipinski definition) is 1. The zero-order chi connectivity index (χ0) is 14.7. The molecule has 0 saturated heterocycles. The van der Waals surface area contributed by atoms with Crippen LogP contribution in [0.2, 0.25) is 0 Å². The van der Waals surface area contributed by atoms with Crippen molar-refractivity contribution in [3.05, 3.63) is 17.5 Å². The van der Waals surface area contributed by atoms with Crippen LogP contribution in [0.15, 0.2) is 11.2 Å². The first-order chi connectivity index (χ1) is 9.55. The minimum absolute atomic E-state index is 0.527. The van der Waals surface area contributed by atoms with Gasteiger partial charge in [0.25, 0.3) is 0 Å². The zero-order valence-electron chi connectivity index (χ0n) is 12.4. The van der Waals surface area contributed by atoms with Gasteiger partial charge in [0.1, 0.15) is 11.5 Å². The molecule has 7 heteroatoms. The summed E-state index contributed by atoms with van der Waals surface area (Å²) in [6.45, 7) is 6.72. The van der Waals surface area contributed by atoms with Gasteiger partial charge in [-0.1, -0.05) is 11.8 Å². The Hall–Kier alpha value is -1.76. The van der Waals surface area contributed by atoms with E-state index in [1.165, 1.54) is 11.8 Å². The Morgan fingerprint density at radius 2 is 2.10 bits per heavy atom. The number of anilines is 1. The van der Waals surface area contributed by atoms with E-state index in [1.807, 2.05) is 34.1 Å². The molecule has 0 amide bonds. The third-order valence-corrected chi connectivity index (χ3v) is 3.42. The van der Waals surface area contributed by atoms with E-state index in [9.17, 15) is 0 Å². The highest BCUT2D eigenvalue weighted by Gasteiger charge is 2.13. The van der Waals surface area contributed by atoms with Gasteiger partial charge in [0.2, 0.25) is 5.88 Å². The van der Waals surface area contributed by atoms with Crippen LogP contribution < -0.4 is 10.1 Å². The molecule has 0 spiro atoms. The van der Waals surface area contributed by atoms with Crippen molar-refractivity contribution < 1.29 is 4.74 Å². The molecule has 0 aliphatic carbocycles. The van der Waals surface area contributed by atoms with Crippen molar-refractivity contribution in [2.75, 3.05) is 18.1 Å². The molecule has 0 unspecified atom stereocenters. The second-order valence-electron chi connectivity index (χ2n) is 4.33. The highest BCUT2D eigenvalue weighted by Crippen LogP contribution is 2.28. The molecule has 0 radical (unpaired) electrons. The first-order valence-corrected chi connectivity index (χ1v) is 7.62. The first-order valence-electron chi connectivity index (χ1n) is 6.40. The molecule has 2 heterocycles. The van der Waals surface area contributed by atoms with Gasteiger partial charge in [-0.25, -0.2) is 4.98 Å². The van der Waals surface area contributed by atoms with Gasteiger partial charge in [-0.3, -0.25) is 4.68 Å². The lowest BCUT2D eigenvalue weighted by atomic mass is 10.3. The Morgan fingerprint density at radius 3 is 2.65 bits per heavy atom. The van der Waals surface area contributed by atoms with Gasteiger partial charge in [0, 0.05) is 19.7 Å². The molecular weight excluding hydrogens is 274 g/mol. The molecule has 0 atom stereocenters. The lowest BCUT2D eigenvalue weighted by Crippen LogP contribution is -2.02. The summed E-state index contributed by atoms with van der Waals surface area (Å²) in [7, 11) is 1.90. The van der Waals surface area contributed by atoms with Crippen molar-refractivity contribution in [3.8, 4) is 11.6 Å². The molecule has 0 bridgehead atoms. The van der Waals surface area contributed by atoms with Gasteiger partial charge in [-0.15, -0.1) is 0 Å². The molecule has 20 heavy (non-hydrogen) atoms. The molecule has 6 nitrogen and oxygen atoms in total. The van der Waals surface area contributed by atoms with Crippen LogP contribution in [0.1, 0.15) is 18.3 Å². The fourth-order valence-corrected chi connectivity index (χ4v) is 2.20. The third-order valence-electron chi connectivity index (χ3n) is 2.87. The van der Waals surface area contributed by atoms with Crippen molar-refractivity contribution in [3.63, 3.8) is 0 Å². The van der Waals surface area contributed by atoms with E-state index < -0.39 is 0 Å². The van der Waals surface area contributed by atoms with Gasteiger partial charge in [-0.2, -0.15) is 10.1 Å². The summed E-state index contributed by atoms with van der Waals surface area (Å²) in [4.78, 5) is 8.75. The molecule has 2 rings (SSSR count). The number of thioether (sulfide) groups is 1. The second kappa shape index (κ2) is 6.13. The van der Waals surface area contributed by atoms with Gasteiger partial charge in [-0.05, 0) is 27.0 Å². The maximum atomic E-state index is 5.90. The first kappa shape index (κ1) is 14.6. The summed E-state index contributed by atoms with van der Waals surface area (Å²) in [6, 6.07) is 1.80. The highest BCUT2D eigenvalue weighted by molar-refractivity contribution is 7.98. The van der Waals surface area contributed by atoms with Gasteiger partial charge < -0.3 is 10.1 Å². The normalized spacial score (nSPS) is 10.7. The Bertz CT molecular complexity index is 611. The number of nitrogens with one attached hydrogen (secondary N) is 1. The lowest BCUT2D eigenvalue weighted by molar-refractivity contribution is 0.448. The summed E-state index contributed by atoms with van der Waals surface area (Å²) >= 11 is 1.48. The number of nitrogens with zero attached hydrogens (tertiary/aromatic N) is 4. The number of aryl methyl sites for hydroxylation is 2. The Morgan fingerprint density at radius 1 is 1.35 bits per heavy atom. The molecule has 0 aromatic carbocycles. The number of hydrogen-bond acceptors (Lipinski definition) is 6. The summed E-state index contributed by atoms with van der Waals surface area (Å²) < 4.78 is 7.70. The number of aromatic nitrogens is 4. The Kier molecular flexibility index (Phi) is 4.49. The van der Waals surface area contributed by atoms with E-state index >= 15 is 0 Å².